The van der Waals surface area contributed by atoms with Gasteiger partial charge in [-0.15, -0.1) is 0 Å². The Morgan fingerprint density at radius 2 is 1.76 bits per heavy atom. The van der Waals surface area contributed by atoms with Crippen molar-refractivity contribution in [3.05, 3.63) is 46.7 Å². The summed E-state index contributed by atoms with van der Waals surface area (Å²) < 4.78 is 1.14. The first kappa shape index (κ1) is 22.2. The zero-order valence-corrected chi connectivity index (χ0v) is 19.5. The summed E-state index contributed by atoms with van der Waals surface area (Å²) in [6.45, 7) is 6.51. The minimum atomic E-state index is -1.13. The van der Waals surface area contributed by atoms with E-state index in [0.717, 1.165) is 67.4 Å². The Bertz CT molecular complexity index is 1040. The van der Waals surface area contributed by atoms with Crippen molar-refractivity contribution in [3.8, 4) is 0 Å². The van der Waals surface area contributed by atoms with Gasteiger partial charge in [-0.1, -0.05) is 17.7 Å². The monoisotopic (exact) mass is 471 g/mol. The van der Waals surface area contributed by atoms with Crippen LogP contribution in [0, 0.1) is 5.41 Å². The van der Waals surface area contributed by atoms with E-state index in [1.807, 2.05) is 0 Å². The fraction of sp³-hybridized carbons (Fsp3) is 0.542. The van der Waals surface area contributed by atoms with Gasteiger partial charge in [0.1, 0.15) is 0 Å². The maximum Gasteiger partial charge on any atom is 0.356 e. The number of carboxylic acid groups (broad SMARTS) is 1. The molecule has 3 aliphatic rings. The molecule has 0 unspecified atom stereocenters. The minimum absolute atomic E-state index is 0.114. The summed E-state index contributed by atoms with van der Waals surface area (Å²) in [5, 5.41) is 13.7. The molecule has 1 N–H and O–H groups in total. The number of benzene rings is 1. The van der Waals surface area contributed by atoms with Gasteiger partial charge in [-0.25, -0.2) is 9.59 Å². The minimum Gasteiger partial charge on any atom is -0.476 e. The molecule has 2 aromatic rings. The second-order valence-corrected chi connectivity index (χ2v) is 10.1. The van der Waals surface area contributed by atoms with Crippen LogP contribution in [0.15, 0.2) is 30.5 Å². The van der Waals surface area contributed by atoms with Gasteiger partial charge in [0.15, 0.2) is 5.69 Å². The number of nitrogens with zero attached hydrogens (tertiary/aromatic N) is 5. The van der Waals surface area contributed by atoms with Crippen LogP contribution in [0.2, 0.25) is 5.02 Å². The highest BCUT2D eigenvalue weighted by Crippen LogP contribution is 2.41. The number of hydrogen-bond donors (Lipinski definition) is 1. The SMILES string of the molecule is O=C(O)c1ccn(C(=O)N2CCC3(CCN(Cc4ccc(N5CCCC5)c(Cl)c4)C3)CC2)n1. The number of halogens is 1. The van der Waals surface area contributed by atoms with Gasteiger partial charge < -0.3 is 14.9 Å². The second-order valence-electron chi connectivity index (χ2n) is 9.66. The quantitative estimate of drug-likeness (QED) is 0.730. The summed E-state index contributed by atoms with van der Waals surface area (Å²) >= 11 is 6.61. The number of carboxylic acids is 1. The lowest BCUT2D eigenvalue weighted by Gasteiger charge is -2.39. The first-order valence-corrected chi connectivity index (χ1v) is 12.1. The fourth-order valence-corrected chi connectivity index (χ4v) is 5.88. The Balaban J connectivity index is 1.15. The van der Waals surface area contributed by atoms with Crippen molar-refractivity contribution >= 4 is 29.3 Å². The highest BCUT2D eigenvalue weighted by atomic mass is 35.5. The van der Waals surface area contributed by atoms with Crippen LogP contribution in [0.25, 0.3) is 0 Å². The predicted molar refractivity (Wildman–Crippen MR) is 126 cm³/mol. The molecule has 4 heterocycles. The van der Waals surface area contributed by atoms with Crippen molar-refractivity contribution in [1.82, 2.24) is 19.6 Å². The first-order chi connectivity index (χ1) is 15.9. The topological polar surface area (TPSA) is 81.9 Å². The standard InChI is InChI=1S/C24H30ClN5O3/c25-19-15-18(3-4-21(19)28-9-1-2-10-28)16-27-12-6-24(17-27)7-13-29(14-8-24)23(33)30-11-5-20(26-30)22(31)32/h3-5,11,15H,1-2,6-10,12-14,16-17H2,(H,31,32). The lowest BCUT2D eigenvalue weighted by atomic mass is 9.78. The van der Waals surface area contributed by atoms with E-state index in [0.29, 0.717) is 13.1 Å². The maximum absolute atomic E-state index is 12.7. The highest BCUT2D eigenvalue weighted by Gasteiger charge is 2.41. The third-order valence-electron chi connectivity index (χ3n) is 7.48. The molecule has 1 aromatic carbocycles. The van der Waals surface area contributed by atoms with Crippen molar-refractivity contribution in [3.63, 3.8) is 0 Å². The number of rotatable bonds is 4. The summed E-state index contributed by atoms with van der Waals surface area (Å²) in [5.41, 5.74) is 2.53. The lowest BCUT2D eigenvalue weighted by Crippen LogP contribution is -2.45. The number of anilines is 1. The van der Waals surface area contributed by atoms with Gasteiger partial charge in [0.2, 0.25) is 0 Å². The van der Waals surface area contributed by atoms with Crippen LogP contribution < -0.4 is 4.90 Å². The molecule has 3 fully saturated rings. The molecule has 3 saturated heterocycles. The van der Waals surface area contributed by atoms with Crippen LogP contribution in [-0.4, -0.2) is 76.0 Å². The van der Waals surface area contributed by atoms with Crippen molar-refractivity contribution in [2.75, 3.05) is 44.2 Å². The van der Waals surface area contributed by atoms with E-state index < -0.39 is 5.97 Å². The zero-order valence-electron chi connectivity index (χ0n) is 18.7. The first-order valence-electron chi connectivity index (χ1n) is 11.8. The summed E-state index contributed by atoms with van der Waals surface area (Å²) in [5.74, 6) is -1.13. The van der Waals surface area contributed by atoms with E-state index in [2.05, 4.69) is 33.1 Å². The molecule has 0 atom stereocenters. The Labute approximate surface area is 198 Å². The van der Waals surface area contributed by atoms with E-state index in [4.69, 9.17) is 16.7 Å². The smallest absolute Gasteiger partial charge is 0.356 e. The highest BCUT2D eigenvalue weighted by molar-refractivity contribution is 6.33. The molecule has 1 amide bonds. The molecule has 3 aliphatic heterocycles. The van der Waals surface area contributed by atoms with Crippen LogP contribution in [0.3, 0.4) is 0 Å². The van der Waals surface area contributed by atoms with Gasteiger partial charge in [-0.05, 0) is 67.8 Å². The molecule has 33 heavy (non-hydrogen) atoms. The molecule has 5 rings (SSSR count). The molecule has 1 aromatic heterocycles. The Morgan fingerprint density at radius 1 is 1.03 bits per heavy atom. The number of amides is 1. The molecule has 0 bridgehead atoms. The van der Waals surface area contributed by atoms with Crippen molar-refractivity contribution in [2.24, 2.45) is 5.41 Å². The van der Waals surface area contributed by atoms with Gasteiger partial charge in [0, 0.05) is 45.5 Å². The largest absolute Gasteiger partial charge is 0.476 e. The average molecular weight is 472 g/mol. The average Bonchev–Trinajstić information content (AvgIpc) is 3.56. The van der Waals surface area contributed by atoms with Gasteiger partial charge >= 0.3 is 12.0 Å². The van der Waals surface area contributed by atoms with Gasteiger partial charge in [0.05, 0.1) is 10.7 Å². The van der Waals surface area contributed by atoms with Crippen LogP contribution in [0.4, 0.5) is 10.5 Å². The van der Waals surface area contributed by atoms with E-state index >= 15 is 0 Å². The van der Waals surface area contributed by atoms with E-state index in [9.17, 15) is 9.59 Å². The third-order valence-corrected chi connectivity index (χ3v) is 7.78. The molecular formula is C24H30ClN5O3. The molecular weight excluding hydrogens is 442 g/mol. The normalized spacial score (nSPS) is 20.6. The molecule has 176 valence electrons. The van der Waals surface area contributed by atoms with Crippen molar-refractivity contribution < 1.29 is 14.7 Å². The number of piperidine rings is 1. The Kier molecular flexibility index (Phi) is 6.05. The van der Waals surface area contributed by atoms with Gasteiger partial charge in [0.25, 0.3) is 0 Å². The zero-order chi connectivity index (χ0) is 23.0. The summed E-state index contributed by atoms with van der Waals surface area (Å²) in [6.07, 6.45) is 6.95. The number of carbonyl (C=O) groups excluding carboxylic acids is 1. The van der Waals surface area contributed by atoms with Crippen molar-refractivity contribution in [1.29, 1.82) is 0 Å². The summed E-state index contributed by atoms with van der Waals surface area (Å²) in [6, 6.07) is 7.60. The van der Waals surface area contributed by atoms with Gasteiger partial charge in [-0.2, -0.15) is 9.78 Å². The second kappa shape index (κ2) is 8.99. The number of carbonyl (C=O) groups is 2. The van der Waals surface area contributed by atoms with Crippen LogP contribution in [0.1, 0.15) is 48.2 Å². The fourth-order valence-electron chi connectivity index (χ4n) is 5.55. The number of likely N-dealkylation sites (tertiary alicyclic amines) is 2. The van der Waals surface area contributed by atoms with E-state index in [1.54, 1.807) is 4.90 Å². The molecule has 0 radical (unpaired) electrons. The van der Waals surface area contributed by atoms with Crippen LogP contribution in [0.5, 0.6) is 0 Å². The number of hydrogen-bond acceptors (Lipinski definition) is 5. The summed E-state index contributed by atoms with van der Waals surface area (Å²) in [4.78, 5) is 30.4. The van der Waals surface area contributed by atoms with E-state index in [-0.39, 0.29) is 17.1 Å². The maximum atomic E-state index is 12.7. The molecule has 9 heteroatoms. The van der Waals surface area contributed by atoms with E-state index in [1.165, 1.54) is 30.7 Å². The number of aromatic carboxylic acids is 1. The molecule has 1 spiro atoms. The van der Waals surface area contributed by atoms with Crippen molar-refractivity contribution in [2.45, 2.75) is 38.6 Å². The predicted octanol–water partition coefficient (Wildman–Crippen LogP) is 3.79. The molecule has 0 aliphatic carbocycles. The lowest BCUT2D eigenvalue weighted by molar-refractivity contribution is 0.0689. The third kappa shape index (κ3) is 4.59. The number of aromatic nitrogens is 2. The Morgan fingerprint density at radius 3 is 2.42 bits per heavy atom. The summed E-state index contributed by atoms with van der Waals surface area (Å²) in [7, 11) is 0. The molecule has 8 nitrogen and oxygen atoms in total. The Hall–Kier alpha value is -2.58. The molecule has 0 saturated carbocycles. The van der Waals surface area contributed by atoms with Crippen LogP contribution in [-0.2, 0) is 6.54 Å². The van der Waals surface area contributed by atoms with Crippen LogP contribution >= 0.6 is 11.6 Å². The van der Waals surface area contributed by atoms with Gasteiger partial charge in [-0.3, -0.25) is 4.90 Å².